The minimum Gasteiger partial charge on any atom is -0.356 e. The predicted molar refractivity (Wildman–Crippen MR) is 113 cm³/mol. The molecule has 2 aromatic carbocycles. The Balaban J connectivity index is 1.83. The molecule has 0 unspecified atom stereocenters. The Morgan fingerprint density at radius 1 is 1.11 bits per heavy atom. The van der Waals surface area contributed by atoms with E-state index in [9.17, 15) is 13.2 Å². The first kappa shape index (κ1) is 21.4. The van der Waals surface area contributed by atoms with Crippen molar-refractivity contribution in [3.05, 3.63) is 64.6 Å². The summed E-state index contributed by atoms with van der Waals surface area (Å²) in [5.41, 5.74) is 1.77. The van der Waals surface area contributed by atoms with E-state index in [1.807, 2.05) is 30.3 Å². The van der Waals surface area contributed by atoms with Crippen LogP contribution in [0, 0.1) is 0 Å². The van der Waals surface area contributed by atoms with Gasteiger partial charge in [-0.2, -0.15) is 0 Å². The summed E-state index contributed by atoms with van der Waals surface area (Å²) in [6, 6.07) is 17.1. The third-order valence-electron chi connectivity index (χ3n) is 4.25. The van der Waals surface area contributed by atoms with Crippen LogP contribution in [0.4, 0.5) is 5.69 Å². The standard InChI is InChI=1S/C20H25BrN2O3S/c1-16(17-7-4-3-5-8-17)15-22-20(24)9-6-14-23(27(2,25)26)19-12-10-18(21)11-13-19/h3-5,7-8,10-13,16H,6,9,14-15H2,1-2H3,(H,22,24)/t16-/m0/s1. The van der Waals surface area contributed by atoms with Crippen molar-refractivity contribution >= 4 is 37.5 Å². The smallest absolute Gasteiger partial charge is 0.232 e. The molecule has 0 aliphatic heterocycles. The van der Waals surface area contributed by atoms with Crippen LogP contribution in [0.2, 0.25) is 0 Å². The SMILES string of the molecule is C[C@@H](CNC(=O)CCCN(c1ccc(Br)cc1)S(C)(=O)=O)c1ccccc1. The number of nitrogens with zero attached hydrogens (tertiary/aromatic N) is 1. The van der Waals surface area contributed by atoms with Crippen LogP contribution in [0.15, 0.2) is 59.1 Å². The molecule has 146 valence electrons. The Morgan fingerprint density at radius 3 is 2.33 bits per heavy atom. The summed E-state index contributed by atoms with van der Waals surface area (Å²) in [6.45, 7) is 2.89. The molecule has 1 N–H and O–H groups in total. The summed E-state index contributed by atoms with van der Waals surface area (Å²) in [7, 11) is -3.40. The maximum absolute atomic E-state index is 12.1. The Labute approximate surface area is 170 Å². The maximum Gasteiger partial charge on any atom is 0.232 e. The van der Waals surface area contributed by atoms with Gasteiger partial charge in [0.05, 0.1) is 11.9 Å². The van der Waals surface area contributed by atoms with Gasteiger partial charge < -0.3 is 5.32 Å². The summed E-state index contributed by atoms with van der Waals surface area (Å²) in [4.78, 5) is 12.1. The van der Waals surface area contributed by atoms with E-state index in [2.05, 4.69) is 28.2 Å². The van der Waals surface area contributed by atoms with Crippen molar-refractivity contribution < 1.29 is 13.2 Å². The number of carbonyl (C=O) groups is 1. The number of hydrogen-bond donors (Lipinski definition) is 1. The molecular formula is C20H25BrN2O3S. The lowest BCUT2D eigenvalue weighted by Crippen LogP contribution is -2.32. The second kappa shape index (κ2) is 9.90. The van der Waals surface area contributed by atoms with Gasteiger partial charge in [-0.15, -0.1) is 0 Å². The van der Waals surface area contributed by atoms with Crippen LogP contribution in [0.5, 0.6) is 0 Å². The van der Waals surface area contributed by atoms with Crippen LogP contribution in [0.1, 0.15) is 31.2 Å². The lowest BCUT2D eigenvalue weighted by molar-refractivity contribution is -0.121. The van der Waals surface area contributed by atoms with E-state index in [0.29, 0.717) is 18.7 Å². The van der Waals surface area contributed by atoms with Gasteiger partial charge in [0.15, 0.2) is 0 Å². The second-order valence-electron chi connectivity index (χ2n) is 6.53. The molecule has 0 saturated heterocycles. The van der Waals surface area contributed by atoms with Crippen molar-refractivity contribution in [1.29, 1.82) is 0 Å². The van der Waals surface area contributed by atoms with Crippen LogP contribution in [0.3, 0.4) is 0 Å². The fraction of sp³-hybridized carbons (Fsp3) is 0.350. The van der Waals surface area contributed by atoms with Crippen molar-refractivity contribution in [2.24, 2.45) is 0 Å². The Hall–Kier alpha value is -1.86. The first-order chi connectivity index (χ1) is 12.8. The van der Waals surface area contributed by atoms with Crippen molar-refractivity contribution in [2.75, 3.05) is 23.7 Å². The number of halogens is 1. The van der Waals surface area contributed by atoms with Crippen LogP contribution < -0.4 is 9.62 Å². The molecule has 0 heterocycles. The average Bonchev–Trinajstić information content (AvgIpc) is 2.64. The first-order valence-corrected chi connectivity index (χ1v) is 11.5. The fourth-order valence-electron chi connectivity index (χ4n) is 2.73. The van der Waals surface area contributed by atoms with E-state index in [4.69, 9.17) is 0 Å². The normalized spacial score (nSPS) is 12.4. The van der Waals surface area contributed by atoms with Crippen molar-refractivity contribution in [3.63, 3.8) is 0 Å². The van der Waals surface area contributed by atoms with Crippen LogP contribution in [0.25, 0.3) is 0 Å². The molecule has 7 heteroatoms. The molecule has 2 rings (SSSR count). The zero-order valence-electron chi connectivity index (χ0n) is 15.6. The molecule has 0 bridgehead atoms. The highest BCUT2D eigenvalue weighted by Crippen LogP contribution is 2.21. The van der Waals surface area contributed by atoms with E-state index in [1.165, 1.54) is 16.1 Å². The minimum absolute atomic E-state index is 0.0676. The monoisotopic (exact) mass is 452 g/mol. The van der Waals surface area contributed by atoms with E-state index in [-0.39, 0.29) is 24.8 Å². The molecule has 0 aromatic heterocycles. The second-order valence-corrected chi connectivity index (χ2v) is 9.35. The highest BCUT2D eigenvalue weighted by Gasteiger charge is 2.17. The summed E-state index contributed by atoms with van der Waals surface area (Å²) >= 11 is 3.34. The number of carbonyl (C=O) groups excluding carboxylic acids is 1. The lowest BCUT2D eigenvalue weighted by atomic mass is 10.0. The van der Waals surface area contributed by atoms with Gasteiger partial charge in [0.25, 0.3) is 0 Å². The largest absolute Gasteiger partial charge is 0.356 e. The molecule has 0 radical (unpaired) electrons. The number of benzene rings is 2. The zero-order valence-corrected chi connectivity index (χ0v) is 18.0. The summed E-state index contributed by atoms with van der Waals surface area (Å²) in [5.74, 6) is 0.160. The van der Waals surface area contributed by atoms with Crippen molar-refractivity contribution in [3.8, 4) is 0 Å². The number of hydrogen-bond acceptors (Lipinski definition) is 3. The molecule has 0 aliphatic carbocycles. The summed E-state index contributed by atoms with van der Waals surface area (Å²) in [5, 5.41) is 2.93. The number of amides is 1. The number of sulfonamides is 1. The lowest BCUT2D eigenvalue weighted by Gasteiger charge is -2.22. The van der Waals surface area contributed by atoms with Crippen molar-refractivity contribution in [1.82, 2.24) is 5.32 Å². The van der Waals surface area contributed by atoms with Gasteiger partial charge in [0, 0.05) is 24.0 Å². The number of anilines is 1. The topological polar surface area (TPSA) is 66.5 Å². The molecule has 1 atom stereocenters. The molecule has 5 nitrogen and oxygen atoms in total. The van der Waals surface area contributed by atoms with Crippen LogP contribution in [-0.2, 0) is 14.8 Å². The summed E-state index contributed by atoms with van der Waals surface area (Å²) in [6.07, 6.45) is 1.91. The molecule has 27 heavy (non-hydrogen) atoms. The van der Waals surface area contributed by atoms with Gasteiger partial charge in [-0.05, 0) is 42.2 Å². The first-order valence-electron chi connectivity index (χ1n) is 8.82. The molecular weight excluding hydrogens is 428 g/mol. The molecule has 0 spiro atoms. The van der Waals surface area contributed by atoms with E-state index in [1.54, 1.807) is 24.3 Å². The van der Waals surface area contributed by atoms with Crippen LogP contribution >= 0.6 is 15.9 Å². The minimum atomic E-state index is -3.40. The van der Waals surface area contributed by atoms with Gasteiger partial charge in [0.1, 0.15) is 0 Å². The van der Waals surface area contributed by atoms with Crippen LogP contribution in [-0.4, -0.2) is 33.7 Å². The van der Waals surface area contributed by atoms with Gasteiger partial charge in [0.2, 0.25) is 15.9 Å². The highest BCUT2D eigenvalue weighted by atomic mass is 79.9. The van der Waals surface area contributed by atoms with E-state index >= 15 is 0 Å². The van der Waals surface area contributed by atoms with Gasteiger partial charge >= 0.3 is 0 Å². The third kappa shape index (κ3) is 6.99. The quantitative estimate of drug-likeness (QED) is 0.626. The summed E-state index contributed by atoms with van der Waals surface area (Å²) < 4.78 is 26.4. The predicted octanol–water partition coefficient (Wildman–Crippen LogP) is 3.92. The van der Waals surface area contributed by atoms with Gasteiger partial charge in [-0.25, -0.2) is 8.42 Å². The highest BCUT2D eigenvalue weighted by molar-refractivity contribution is 9.10. The molecule has 0 aliphatic rings. The van der Waals surface area contributed by atoms with E-state index < -0.39 is 10.0 Å². The molecule has 0 fully saturated rings. The average molecular weight is 453 g/mol. The van der Waals surface area contributed by atoms with Gasteiger partial charge in [-0.3, -0.25) is 9.10 Å². The van der Waals surface area contributed by atoms with Crippen molar-refractivity contribution in [2.45, 2.75) is 25.7 Å². The number of nitrogens with one attached hydrogen (secondary N) is 1. The Bertz CT molecular complexity index is 839. The Kier molecular flexibility index (Phi) is 7.86. The molecule has 0 saturated carbocycles. The zero-order chi connectivity index (χ0) is 19.9. The number of rotatable bonds is 9. The third-order valence-corrected chi connectivity index (χ3v) is 5.98. The van der Waals surface area contributed by atoms with E-state index in [0.717, 1.165) is 4.47 Å². The maximum atomic E-state index is 12.1. The molecule has 1 amide bonds. The Morgan fingerprint density at radius 2 is 1.74 bits per heavy atom. The fourth-order valence-corrected chi connectivity index (χ4v) is 3.96. The molecule has 2 aromatic rings. The van der Waals surface area contributed by atoms with Gasteiger partial charge in [-0.1, -0.05) is 53.2 Å².